The van der Waals surface area contributed by atoms with Crippen molar-refractivity contribution in [2.24, 2.45) is 0 Å². The Balaban J connectivity index is 2.17. The fourth-order valence-electron chi connectivity index (χ4n) is 1.95. The monoisotopic (exact) mass is 255 g/mol. The van der Waals surface area contributed by atoms with Gasteiger partial charge in [-0.2, -0.15) is 5.26 Å². The molecule has 0 bridgehead atoms. The number of fused-ring (bicyclic) bond motifs is 1. The molecule has 98 valence electrons. The molecular formula is C15H17N3O. The third-order valence-corrected chi connectivity index (χ3v) is 2.87. The molecule has 1 aromatic carbocycles. The van der Waals surface area contributed by atoms with Crippen molar-refractivity contribution >= 4 is 16.6 Å². The maximum Gasteiger partial charge on any atom is 0.103 e. The molecule has 4 nitrogen and oxygen atoms in total. The predicted molar refractivity (Wildman–Crippen MR) is 76.1 cm³/mol. The van der Waals surface area contributed by atoms with Crippen LogP contribution in [0.5, 0.6) is 0 Å². The minimum absolute atomic E-state index is 0.579. The van der Waals surface area contributed by atoms with Gasteiger partial charge in [0.2, 0.25) is 0 Å². The van der Waals surface area contributed by atoms with Crippen molar-refractivity contribution in [2.75, 3.05) is 25.1 Å². The van der Waals surface area contributed by atoms with Gasteiger partial charge in [0.15, 0.2) is 0 Å². The molecule has 0 atom stereocenters. The van der Waals surface area contributed by atoms with Crippen LogP contribution >= 0.6 is 0 Å². The first-order chi connectivity index (χ1) is 9.36. The van der Waals surface area contributed by atoms with Gasteiger partial charge in [-0.15, -0.1) is 0 Å². The number of hydrogen-bond acceptors (Lipinski definition) is 4. The van der Waals surface area contributed by atoms with E-state index in [0.717, 1.165) is 42.8 Å². The van der Waals surface area contributed by atoms with E-state index >= 15 is 0 Å². The summed E-state index contributed by atoms with van der Waals surface area (Å²) < 4.78 is 5.30. The summed E-state index contributed by atoms with van der Waals surface area (Å²) in [6.07, 6.45) is 2.53. The van der Waals surface area contributed by atoms with Gasteiger partial charge in [0.05, 0.1) is 16.8 Å². The molecule has 0 fully saturated rings. The molecule has 1 N–H and O–H groups in total. The standard InChI is InChI=1S/C15H17N3O/c1-2-19-9-5-8-17-15-12(10-16)11-18-14-7-4-3-6-13(14)15/h3-4,6-7,11H,2,5,8-9H2,1H3,(H,17,18). The second-order valence-electron chi connectivity index (χ2n) is 4.15. The van der Waals surface area contributed by atoms with Gasteiger partial charge in [-0.25, -0.2) is 0 Å². The summed E-state index contributed by atoms with van der Waals surface area (Å²) in [5.41, 5.74) is 2.34. The molecule has 2 rings (SSSR count). The lowest BCUT2D eigenvalue weighted by atomic mass is 10.1. The number of benzene rings is 1. The first-order valence-corrected chi connectivity index (χ1v) is 6.46. The van der Waals surface area contributed by atoms with E-state index in [9.17, 15) is 0 Å². The van der Waals surface area contributed by atoms with Crippen molar-refractivity contribution in [3.8, 4) is 6.07 Å². The first-order valence-electron chi connectivity index (χ1n) is 6.46. The van der Waals surface area contributed by atoms with E-state index in [4.69, 9.17) is 10.00 Å². The van der Waals surface area contributed by atoms with Gasteiger partial charge in [0, 0.05) is 31.3 Å². The summed E-state index contributed by atoms with van der Waals surface area (Å²) in [6, 6.07) is 10.0. The minimum Gasteiger partial charge on any atom is -0.383 e. The Labute approximate surface area is 113 Å². The van der Waals surface area contributed by atoms with Crippen LogP contribution in [-0.2, 0) is 4.74 Å². The van der Waals surface area contributed by atoms with Crippen LogP contribution in [-0.4, -0.2) is 24.7 Å². The summed E-state index contributed by atoms with van der Waals surface area (Å²) >= 11 is 0. The second-order valence-corrected chi connectivity index (χ2v) is 4.15. The molecule has 19 heavy (non-hydrogen) atoms. The number of hydrogen-bond donors (Lipinski definition) is 1. The topological polar surface area (TPSA) is 57.9 Å². The zero-order chi connectivity index (χ0) is 13.5. The lowest BCUT2D eigenvalue weighted by Crippen LogP contribution is -2.07. The molecule has 0 aliphatic heterocycles. The van der Waals surface area contributed by atoms with E-state index in [0.29, 0.717) is 5.56 Å². The zero-order valence-electron chi connectivity index (χ0n) is 11.0. The highest BCUT2D eigenvalue weighted by Crippen LogP contribution is 2.25. The lowest BCUT2D eigenvalue weighted by molar-refractivity contribution is 0.147. The summed E-state index contributed by atoms with van der Waals surface area (Å²) in [7, 11) is 0. The Morgan fingerprint density at radius 2 is 2.21 bits per heavy atom. The number of nitrogens with one attached hydrogen (secondary N) is 1. The van der Waals surface area contributed by atoms with Gasteiger partial charge < -0.3 is 10.1 Å². The molecule has 0 spiro atoms. The van der Waals surface area contributed by atoms with Gasteiger partial charge in [-0.05, 0) is 19.4 Å². The summed E-state index contributed by atoms with van der Waals surface area (Å²) in [4.78, 5) is 4.28. The summed E-state index contributed by atoms with van der Waals surface area (Å²) in [5, 5.41) is 13.5. The predicted octanol–water partition coefficient (Wildman–Crippen LogP) is 2.94. The van der Waals surface area contributed by atoms with Crippen molar-refractivity contribution in [3.63, 3.8) is 0 Å². The van der Waals surface area contributed by atoms with Crippen LogP contribution in [0.4, 0.5) is 5.69 Å². The van der Waals surface area contributed by atoms with E-state index < -0.39 is 0 Å². The third kappa shape index (κ3) is 3.21. The normalized spacial score (nSPS) is 10.3. The SMILES string of the molecule is CCOCCCNc1c(C#N)cnc2ccccc12. The van der Waals surface area contributed by atoms with E-state index in [1.807, 2.05) is 31.2 Å². The molecule has 1 heterocycles. The van der Waals surface area contributed by atoms with E-state index in [-0.39, 0.29) is 0 Å². The number of pyridine rings is 1. The zero-order valence-corrected chi connectivity index (χ0v) is 11.0. The van der Waals surface area contributed by atoms with Crippen LogP contribution in [0, 0.1) is 11.3 Å². The fraction of sp³-hybridized carbons (Fsp3) is 0.333. The average Bonchev–Trinajstić information content (AvgIpc) is 2.47. The molecule has 0 unspecified atom stereocenters. The number of aromatic nitrogens is 1. The van der Waals surface area contributed by atoms with E-state index in [2.05, 4.69) is 16.4 Å². The van der Waals surface area contributed by atoms with Gasteiger partial charge >= 0.3 is 0 Å². The molecule has 0 amide bonds. The van der Waals surface area contributed by atoms with E-state index in [1.165, 1.54) is 0 Å². The van der Waals surface area contributed by atoms with Crippen molar-refractivity contribution in [1.82, 2.24) is 4.98 Å². The molecule has 0 saturated carbocycles. The second kappa shape index (κ2) is 6.72. The van der Waals surface area contributed by atoms with Crippen LogP contribution < -0.4 is 5.32 Å². The molecular weight excluding hydrogens is 238 g/mol. The summed E-state index contributed by atoms with van der Waals surface area (Å²) in [6.45, 7) is 4.23. The average molecular weight is 255 g/mol. The van der Waals surface area contributed by atoms with Crippen LogP contribution in [0.1, 0.15) is 18.9 Å². The quantitative estimate of drug-likeness (QED) is 0.806. The van der Waals surface area contributed by atoms with Crippen molar-refractivity contribution < 1.29 is 4.74 Å². The largest absolute Gasteiger partial charge is 0.383 e. The number of rotatable bonds is 6. The van der Waals surface area contributed by atoms with Crippen LogP contribution in [0.2, 0.25) is 0 Å². The number of anilines is 1. The molecule has 4 heteroatoms. The highest BCUT2D eigenvalue weighted by atomic mass is 16.5. The number of nitriles is 1. The first kappa shape index (κ1) is 13.3. The molecule has 0 radical (unpaired) electrons. The van der Waals surface area contributed by atoms with Gasteiger partial charge in [-0.3, -0.25) is 4.98 Å². The minimum atomic E-state index is 0.579. The molecule has 0 saturated heterocycles. The Morgan fingerprint density at radius 1 is 1.37 bits per heavy atom. The Bertz CT molecular complexity index is 589. The highest BCUT2D eigenvalue weighted by molar-refractivity contribution is 5.93. The van der Waals surface area contributed by atoms with Crippen LogP contribution in [0.3, 0.4) is 0 Å². The Hall–Kier alpha value is -2.12. The molecule has 0 aliphatic carbocycles. The van der Waals surface area contributed by atoms with Gasteiger partial charge in [0.25, 0.3) is 0 Å². The molecule has 0 aliphatic rings. The number of nitrogens with zero attached hydrogens (tertiary/aromatic N) is 2. The number of ether oxygens (including phenoxy) is 1. The number of para-hydroxylation sites is 1. The fourth-order valence-corrected chi connectivity index (χ4v) is 1.95. The smallest absolute Gasteiger partial charge is 0.103 e. The van der Waals surface area contributed by atoms with Crippen molar-refractivity contribution in [2.45, 2.75) is 13.3 Å². The maximum absolute atomic E-state index is 9.16. The maximum atomic E-state index is 9.16. The Kier molecular flexibility index (Phi) is 4.71. The van der Waals surface area contributed by atoms with Crippen LogP contribution in [0.25, 0.3) is 10.9 Å². The Morgan fingerprint density at radius 3 is 3.00 bits per heavy atom. The van der Waals surface area contributed by atoms with Gasteiger partial charge in [-0.1, -0.05) is 18.2 Å². The van der Waals surface area contributed by atoms with Gasteiger partial charge in [0.1, 0.15) is 6.07 Å². The highest BCUT2D eigenvalue weighted by Gasteiger charge is 2.07. The third-order valence-electron chi connectivity index (χ3n) is 2.87. The van der Waals surface area contributed by atoms with Crippen molar-refractivity contribution in [1.29, 1.82) is 5.26 Å². The van der Waals surface area contributed by atoms with Crippen molar-refractivity contribution in [3.05, 3.63) is 36.0 Å². The van der Waals surface area contributed by atoms with Crippen LogP contribution in [0.15, 0.2) is 30.5 Å². The molecule has 2 aromatic rings. The van der Waals surface area contributed by atoms with E-state index in [1.54, 1.807) is 6.20 Å². The molecule has 1 aromatic heterocycles. The summed E-state index contributed by atoms with van der Waals surface area (Å²) in [5.74, 6) is 0. The lowest BCUT2D eigenvalue weighted by Gasteiger charge is -2.11.